The topological polar surface area (TPSA) is 17.1 Å². The lowest BCUT2D eigenvalue weighted by Crippen LogP contribution is -2.01. The van der Waals surface area contributed by atoms with Gasteiger partial charge in [-0.1, -0.05) is 18.2 Å². The summed E-state index contributed by atoms with van der Waals surface area (Å²) in [6.07, 6.45) is 0.988. The number of thiophene rings is 1. The summed E-state index contributed by atoms with van der Waals surface area (Å²) in [5, 5.41) is 1.22. The van der Waals surface area contributed by atoms with Crippen molar-refractivity contribution in [3.8, 4) is 0 Å². The van der Waals surface area contributed by atoms with Crippen LogP contribution in [0.15, 0.2) is 30.3 Å². The summed E-state index contributed by atoms with van der Waals surface area (Å²) in [6, 6.07) is 10.3. The Bertz CT molecular complexity index is 442. The summed E-state index contributed by atoms with van der Waals surface area (Å²) in [5.41, 5.74) is 0. The van der Waals surface area contributed by atoms with Gasteiger partial charge in [-0.15, -0.1) is 22.9 Å². The van der Waals surface area contributed by atoms with Crippen LogP contribution in [0.25, 0.3) is 10.1 Å². The van der Waals surface area contributed by atoms with Crippen molar-refractivity contribution in [2.24, 2.45) is 0 Å². The van der Waals surface area contributed by atoms with Gasteiger partial charge in [-0.2, -0.15) is 0 Å². The van der Waals surface area contributed by atoms with Crippen LogP contribution < -0.4 is 0 Å². The molecule has 1 aromatic carbocycles. The van der Waals surface area contributed by atoms with Crippen LogP contribution in [0, 0.1) is 0 Å². The van der Waals surface area contributed by atoms with Gasteiger partial charge in [0.2, 0.25) is 0 Å². The fourth-order valence-electron chi connectivity index (χ4n) is 1.51. The second kappa shape index (κ2) is 4.77. The Morgan fingerprint density at radius 3 is 2.87 bits per heavy atom. The average Bonchev–Trinajstić information content (AvgIpc) is 2.59. The second-order valence-electron chi connectivity index (χ2n) is 3.40. The van der Waals surface area contributed by atoms with E-state index in [1.165, 1.54) is 10.1 Å². The standard InChI is InChI=1S/C12H11ClOS/c13-6-5-10(14)8-11-7-9-3-1-2-4-12(9)15-11/h1-4,7H,5-6,8H2. The molecule has 3 heteroatoms. The van der Waals surface area contributed by atoms with E-state index in [4.69, 9.17) is 11.6 Å². The van der Waals surface area contributed by atoms with Gasteiger partial charge in [0, 0.05) is 28.3 Å². The maximum atomic E-state index is 11.4. The molecule has 0 atom stereocenters. The van der Waals surface area contributed by atoms with Crippen LogP contribution >= 0.6 is 22.9 Å². The zero-order valence-corrected chi connectivity index (χ0v) is 9.77. The number of rotatable bonds is 4. The monoisotopic (exact) mass is 238 g/mol. The first-order valence-corrected chi connectivity index (χ1v) is 6.20. The summed E-state index contributed by atoms with van der Waals surface area (Å²) in [6.45, 7) is 0. The Kier molecular flexibility index (Phi) is 3.39. The summed E-state index contributed by atoms with van der Waals surface area (Å²) in [7, 11) is 0. The quantitative estimate of drug-likeness (QED) is 0.744. The molecule has 0 bridgehead atoms. The van der Waals surface area contributed by atoms with Crippen LogP contribution in [-0.4, -0.2) is 11.7 Å². The third-order valence-electron chi connectivity index (χ3n) is 2.22. The van der Waals surface area contributed by atoms with Gasteiger partial charge in [0.1, 0.15) is 5.78 Å². The van der Waals surface area contributed by atoms with E-state index in [-0.39, 0.29) is 5.78 Å². The highest BCUT2D eigenvalue weighted by atomic mass is 35.5. The Morgan fingerprint density at radius 2 is 2.13 bits per heavy atom. The molecule has 0 saturated heterocycles. The molecule has 1 heterocycles. The van der Waals surface area contributed by atoms with Gasteiger partial charge >= 0.3 is 0 Å². The van der Waals surface area contributed by atoms with Crippen molar-refractivity contribution in [2.45, 2.75) is 12.8 Å². The van der Waals surface area contributed by atoms with E-state index in [0.29, 0.717) is 18.7 Å². The zero-order chi connectivity index (χ0) is 10.7. The van der Waals surface area contributed by atoms with Crippen molar-refractivity contribution in [2.75, 3.05) is 5.88 Å². The number of fused-ring (bicyclic) bond motifs is 1. The van der Waals surface area contributed by atoms with E-state index in [1.54, 1.807) is 11.3 Å². The number of benzene rings is 1. The first kappa shape index (κ1) is 10.7. The first-order chi connectivity index (χ1) is 7.29. The number of hydrogen-bond donors (Lipinski definition) is 0. The summed E-state index contributed by atoms with van der Waals surface area (Å²) in [4.78, 5) is 12.5. The molecular weight excluding hydrogens is 228 g/mol. The lowest BCUT2D eigenvalue weighted by Gasteiger charge is -1.93. The van der Waals surface area contributed by atoms with E-state index < -0.39 is 0 Å². The van der Waals surface area contributed by atoms with Crippen molar-refractivity contribution < 1.29 is 4.79 Å². The minimum Gasteiger partial charge on any atom is -0.299 e. The van der Waals surface area contributed by atoms with Crippen LogP contribution in [-0.2, 0) is 11.2 Å². The van der Waals surface area contributed by atoms with Crippen molar-refractivity contribution in [1.29, 1.82) is 0 Å². The Labute approximate surface area is 97.7 Å². The highest BCUT2D eigenvalue weighted by molar-refractivity contribution is 7.19. The highest BCUT2D eigenvalue weighted by Gasteiger charge is 2.06. The molecule has 0 radical (unpaired) electrons. The van der Waals surface area contributed by atoms with Gasteiger partial charge < -0.3 is 0 Å². The predicted octanol–water partition coefficient (Wildman–Crippen LogP) is 3.64. The van der Waals surface area contributed by atoms with Crippen molar-refractivity contribution >= 4 is 38.8 Å². The molecule has 0 saturated carbocycles. The molecule has 0 aliphatic rings. The maximum Gasteiger partial charge on any atom is 0.139 e. The zero-order valence-electron chi connectivity index (χ0n) is 8.20. The van der Waals surface area contributed by atoms with Gasteiger partial charge in [-0.05, 0) is 17.5 Å². The third-order valence-corrected chi connectivity index (χ3v) is 3.53. The molecule has 1 nitrogen and oxygen atoms in total. The van der Waals surface area contributed by atoms with Crippen LogP contribution in [0.5, 0.6) is 0 Å². The average molecular weight is 239 g/mol. The molecule has 2 aromatic rings. The van der Waals surface area contributed by atoms with Crippen molar-refractivity contribution in [3.63, 3.8) is 0 Å². The second-order valence-corrected chi connectivity index (χ2v) is 4.95. The number of hydrogen-bond acceptors (Lipinski definition) is 2. The van der Waals surface area contributed by atoms with E-state index in [1.807, 2.05) is 12.1 Å². The van der Waals surface area contributed by atoms with E-state index >= 15 is 0 Å². The summed E-state index contributed by atoms with van der Waals surface area (Å²) < 4.78 is 1.24. The molecule has 78 valence electrons. The molecule has 0 N–H and O–H groups in total. The van der Waals surface area contributed by atoms with Crippen LogP contribution in [0.2, 0.25) is 0 Å². The minimum atomic E-state index is 0.219. The Hall–Kier alpha value is -0.860. The van der Waals surface area contributed by atoms with Crippen molar-refractivity contribution in [3.05, 3.63) is 35.2 Å². The SMILES string of the molecule is O=C(CCCl)Cc1cc2ccccc2s1. The molecule has 15 heavy (non-hydrogen) atoms. The van der Waals surface area contributed by atoms with Gasteiger partial charge in [0.05, 0.1) is 0 Å². The predicted molar refractivity (Wildman–Crippen MR) is 65.9 cm³/mol. The molecule has 0 unspecified atom stereocenters. The highest BCUT2D eigenvalue weighted by Crippen LogP contribution is 2.25. The fourth-order valence-corrected chi connectivity index (χ4v) is 2.82. The molecule has 0 spiro atoms. The lowest BCUT2D eigenvalue weighted by atomic mass is 10.2. The Morgan fingerprint density at radius 1 is 1.33 bits per heavy atom. The third kappa shape index (κ3) is 2.58. The number of alkyl halides is 1. The summed E-state index contributed by atoms with van der Waals surface area (Å²) >= 11 is 7.21. The molecule has 1 aromatic heterocycles. The Balaban J connectivity index is 2.18. The molecule has 0 amide bonds. The van der Waals surface area contributed by atoms with Crippen molar-refractivity contribution in [1.82, 2.24) is 0 Å². The van der Waals surface area contributed by atoms with E-state index in [0.717, 1.165) is 4.88 Å². The number of Topliss-reactive ketones (excluding diaryl/α,β-unsaturated/α-hetero) is 1. The van der Waals surface area contributed by atoms with Crippen LogP contribution in [0.1, 0.15) is 11.3 Å². The fraction of sp³-hybridized carbons (Fsp3) is 0.250. The number of carbonyl (C=O) groups excluding carboxylic acids is 1. The molecule has 0 fully saturated rings. The van der Waals surface area contributed by atoms with Crippen LogP contribution in [0.3, 0.4) is 0 Å². The minimum absolute atomic E-state index is 0.219. The molecular formula is C12H11ClOS. The number of halogens is 1. The largest absolute Gasteiger partial charge is 0.299 e. The van der Waals surface area contributed by atoms with E-state index in [9.17, 15) is 4.79 Å². The maximum absolute atomic E-state index is 11.4. The van der Waals surface area contributed by atoms with Gasteiger partial charge in [0.15, 0.2) is 0 Å². The molecule has 0 aliphatic heterocycles. The smallest absolute Gasteiger partial charge is 0.139 e. The molecule has 2 rings (SSSR count). The van der Waals surface area contributed by atoms with Crippen LogP contribution in [0.4, 0.5) is 0 Å². The normalized spacial score (nSPS) is 10.7. The van der Waals surface area contributed by atoms with Gasteiger partial charge in [-0.25, -0.2) is 0 Å². The lowest BCUT2D eigenvalue weighted by molar-refractivity contribution is -0.118. The van der Waals surface area contributed by atoms with E-state index in [2.05, 4.69) is 18.2 Å². The van der Waals surface area contributed by atoms with Gasteiger partial charge in [-0.3, -0.25) is 4.79 Å². The first-order valence-electron chi connectivity index (χ1n) is 4.84. The number of carbonyl (C=O) groups is 1. The molecule has 0 aliphatic carbocycles. The van der Waals surface area contributed by atoms with Gasteiger partial charge in [0.25, 0.3) is 0 Å². The summed E-state index contributed by atoms with van der Waals surface area (Å²) in [5.74, 6) is 0.639. The number of ketones is 1.